The molecule has 0 spiro atoms. The van der Waals surface area contributed by atoms with E-state index in [1.807, 2.05) is 6.07 Å². The Morgan fingerprint density at radius 1 is 1.25 bits per heavy atom. The summed E-state index contributed by atoms with van der Waals surface area (Å²) in [6, 6.07) is 13.1. The van der Waals surface area contributed by atoms with Gasteiger partial charge in [-0.15, -0.1) is 0 Å². The largest absolute Gasteiger partial charge is 0.489 e. The van der Waals surface area contributed by atoms with Gasteiger partial charge in [-0.25, -0.2) is 0 Å². The molecule has 0 aliphatic carbocycles. The van der Waals surface area contributed by atoms with E-state index in [9.17, 15) is 10.1 Å². The topological polar surface area (TPSA) is 76.2 Å². The Kier molecular flexibility index (Phi) is 4.18. The number of nitriles is 1. The van der Waals surface area contributed by atoms with Crippen LogP contribution in [-0.4, -0.2) is 4.92 Å². The highest BCUT2D eigenvalue weighted by atomic mass is 35.5. The molecule has 0 bridgehead atoms. The lowest BCUT2D eigenvalue weighted by atomic mass is 10.2. The van der Waals surface area contributed by atoms with Gasteiger partial charge in [0.1, 0.15) is 17.4 Å². The summed E-state index contributed by atoms with van der Waals surface area (Å²) in [4.78, 5) is 10.2. The molecule has 0 saturated heterocycles. The summed E-state index contributed by atoms with van der Waals surface area (Å²) in [7, 11) is 0. The van der Waals surface area contributed by atoms with E-state index >= 15 is 0 Å². The first-order valence-electron chi connectivity index (χ1n) is 5.66. The molecule has 0 aliphatic heterocycles. The van der Waals surface area contributed by atoms with Crippen LogP contribution in [0, 0.1) is 21.4 Å². The van der Waals surface area contributed by atoms with E-state index in [1.165, 1.54) is 12.1 Å². The van der Waals surface area contributed by atoms with Crippen LogP contribution < -0.4 is 4.74 Å². The Morgan fingerprint density at radius 2 is 1.95 bits per heavy atom. The number of hydrogen-bond acceptors (Lipinski definition) is 4. The molecule has 2 rings (SSSR count). The summed E-state index contributed by atoms with van der Waals surface area (Å²) >= 11 is 5.73. The Bertz CT molecular complexity index is 678. The molecule has 0 saturated carbocycles. The highest BCUT2D eigenvalue weighted by Crippen LogP contribution is 2.25. The van der Waals surface area contributed by atoms with Crippen molar-refractivity contribution in [3.8, 4) is 11.8 Å². The van der Waals surface area contributed by atoms with Gasteiger partial charge >= 0.3 is 0 Å². The predicted molar refractivity (Wildman–Crippen MR) is 73.6 cm³/mol. The molecule has 20 heavy (non-hydrogen) atoms. The van der Waals surface area contributed by atoms with Crippen molar-refractivity contribution in [3.63, 3.8) is 0 Å². The van der Waals surface area contributed by atoms with Crippen molar-refractivity contribution in [2.24, 2.45) is 0 Å². The second kappa shape index (κ2) is 6.04. The van der Waals surface area contributed by atoms with Crippen LogP contribution in [0.25, 0.3) is 0 Å². The molecule has 0 fully saturated rings. The lowest BCUT2D eigenvalue weighted by molar-refractivity contribution is -0.384. The monoisotopic (exact) mass is 288 g/mol. The molecular formula is C14H9ClN2O3. The number of halogens is 1. The van der Waals surface area contributed by atoms with Gasteiger partial charge in [0.05, 0.1) is 16.6 Å². The maximum absolute atomic E-state index is 10.8. The summed E-state index contributed by atoms with van der Waals surface area (Å²) in [6.45, 7) is 0.184. The molecule has 0 atom stereocenters. The summed E-state index contributed by atoms with van der Waals surface area (Å²) in [5.74, 6) is 0.585. The molecule has 0 amide bonds. The minimum atomic E-state index is -0.534. The van der Waals surface area contributed by atoms with Crippen LogP contribution in [0.5, 0.6) is 5.75 Å². The third-order valence-corrected chi connectivity index (χ3v) is 2.92. The average Bonchev–Trinajstić information content (AvgIpc) is 2.46. The molecule has 0 unspecified atom stereocenters. The van der Waals surface area contributed by atoms with E-state index in [2.05, 4.69) is 0 Å². The fourth-order valence-electron chi connectivity index (χ4n) is 1.58. The SMILES string of the molecule is N#Cc1ccc(OCc2ccc(Cl)c([N+](=O)[O-])c2)cc1. The highest BCUT2D eigenvalue weighted by molar-refractivity contribution is 6.32. The summed E-state index contributed by atoms with van der Waals surface area (Å²) < 4.78 is 5.49. The summed E-state index contributed by atoms with van der Waals surface area (Å²) in [5.41, 5.74) is 1.04. The zero-order valence-corrected chi connectivity index (χ0v) is 11.0. The second-order valence-electron chi connectivity index (χ2n) is 3.97. The molecule has 0 aromatic heterocycles. The number of nitrogens with zero attached hydrogens (tertiary/aromatic N) is 2. The van der Waals surface area contributed by atoms with Gasteiger partial charge < -0.3 is 4.74 Å². The van der Waals surface area contributed by atoms with Crippen LogP contribution in [-0.2, 0) is 6.61 Å². The van der Waals surface area contributed by atoms with Crippen LogP contribution in [0.15, 0.2) is 42.5 Å². The van der Waals surface area contributed by atoms with Gasteiger partial charge in [-0.05, 0) is 35.9 Å². The zero-order valence-electron chi connectivity index (χ0n) is 10.2. The van der Waals surface area contributed by atoms with Gasteiger partial charge in [0, 0.05) is 6.07 Å². The average molecular weight is 289 g/mol. The maximum Gasteiger partial charge on any atom is 0.288 e. The maximum atomic E-state index is 10.8. The lowest BCUT2D eigenvalue weighted by Crippen LogP contribution is -1.97. The number of nitro groups is 1. The normalized spacial score (nSPS) is 9.80. The molecule has 2 aromatic carbocycles. The van der Waals surface area contributed by atoms with Crippen LogP contribution in [0.4, 0.5) is 5.69 Å². The molecule has 100 valence electrons. The third kappa shape index (κ3) is 3.25. The van der Waals surface area contributed by atoms with E-state index in [0.717, 1.165) is 0 Å². The lowest BCUT2D eigenvalue weighted by Gasteiger charge is -2.06. The van der Waals surface area contributed by atoms with Crippen molar-refractivity contribution < 1.29 is 9.66 Å². The number of ether oxygens (including phenoxy) is 1. The Morgan fingerprint density at radius 3 is 2.55 bits per heavy atom. The number of rotatable bonds is 4. The standard InChI is InChI=1S/C14H9ClN2O3/c15-13-6-3-11(7-14(13)17(18)19)9-20-12-4-1-10(8-16)2-5-12/h1-7H,9H2. The molecule has 0 radical (unpaired) electrons. The van der Waals surface area contributed by atoms with Gasteiger partial charge in [0.25, 0.3) is 5.69 Å². The van der Waals surface area contributed by atoms with Gasteiger partial charge in [0.15, 0.2) is 0 Å². The fraction of sp³-hybridized carbons (Fsp3) is 0.0714. The minimum Gasteiger partial charge on any atom is -0.489 e. The quantitative estimate of drug-likeness (QED) is 0.635. The summed E-state index contributed by atoms with van der Waals surface area (Å²) in [5, 5.41) is 19.5. The molecule has 0 aliphatic rings. The third-order valence-electron chi connectivity index (χ3n) is 2.60. The van der Waals surface area contributed by atoms with Gasteiger partial charge in [-0.2, -0.15) is 5.26 Å². The molecule has 0 heterocycles. The van der Waals surface area contributed by atoms with E-state index in [0.29, 0.717) is 16.9 Å². The molecular weight excluding hydrogens is 280 g/mol. The first-order valence-corrected chi connectivity index (χ1v) is 6.04. The minimum absolute atomic E-state index is 0.0946. The Labute approximate surface area is 120 Å². The first-order chi connectivity index (χ1) is 9.60. The number of hydrogen-bond donors (Lipinski definition) is 0. The van der Waals surface area contributed by atoms with Crippen LogP contribution >= 0.6 is 11.6 Å². The van der Waals surface area contributed by atoms with E-state index in [-0.39, 0.29) is 17.3 Å². The van der Waals surface area contributed by atoms with Crippen molar-refractivity contribution in [3.05, 3.63) is 68.7 Å². The molecule has 0 N–H and O–H groups in total. The number of benzene rings is 2. The summed E-state index contributed by atoms with van der Waals surface area (Å²) in [6.07, 6.45) is 0. The Hall–Kier alpha value is -2.58. The van der Waals surface area contributed by atoms with E-state index in [1.54, 1.807) is 30.3 Å². The second-order valence-corrected chi connectivity index (χ2v) is 4.37. The smallest absolute Gasteiger partial charge is 0.288 e. The van der Waals surface area contributed by atoms with Crippen LogP contribution in [0.2, 0.25) is 5.02 Å². The van der Waals surface area contributed by atoms with Crippen molar-refractivity contribution in [2.75, 3.05) is 0 Å². The van der Waals surface area contributed by atoms with Crippen LogP contribution in [0.1, 0.15) is 11.1 Å². The van der Waals surface area contributed by atoms with Crippen molar-refractivity contribution in [1.82, 2.24) is 0 Å². The molecule has 2 aromatic rings. The zero-order chi connectivity index (χ0) is 14.5. The highest BCUT2D eigenvalue weighted by Gasteiger charge is 2.12. The van der Waals surface area contributed by atoms with Crippen molar-refractivity contribution in [1.29, 1.82) is 5.26 Å². The van der Waals surface area contributed by atoms with Crippen molar-refractivity contribution >= 4 is 17.3 Å². The van der Waals surface area contributed by atoms with Crippen molar-refractivity contribution in [2.45, 2.75) is 6.61 Å². The Balaban J connectivity index is 2.09. The van der Waals surface area contributed by atoms with Gasteiger partial charge in [-0.1, -0.05) is 17.7 Å². The number of nitro benzene ring substituents is 1. The molecule has 5 nitrogen and oxygen atoms in total. The van der Waals surface area contributed by atoms with Gasteiger partial charge in [0.2, 0.25) is 0 Å². The predicted octanol–water partition coefficient (Wildman–Crippen LogP) is 3.70. The first kappa shape index (κ1) is 13.8. The van der Waals surface area contributed by atoms with E-state index in [4.69, 9.17) is 21.6 Å². The molecule has 6 heteroatoms. The van der Waals surface area contributed by atoms with Gasteiger partial charge in [-0.3, -0.25) is 10.1 Å². The fourth-order valence-corrected chi connectivity index (χ4v) is 1.77. The van der Waals surface area contributed by atoms with Crippen LogP contribution in [0.3, 0.4) is 0 Å². The van der Waals surface area contributed by atoms with E-state index < -0.39 is 4.92 Å².